The highest BCUT2D eigenvalue weighted by Gasteiger charge is 2.12. The molecular formula is C13H20ClNS. The molecule has 0 aliphatic carbocycles. The summed E-state index contributed by atoms with van der Waals surface area (Å²) in [5.41, 5.74) is 2.47. The van der Waals surface area contributed by atoms with Crippen molar-refractivity contribution in [3.8, 4) is 0 Å². The number of nitrogens with zero attached hydrogens (tertiary/aromatic N) is 1. The quantitative estimate of drug-likeness (QED) is 0.709. The number of anilines is 1. The highest BCUT2D eigenvalue weighted by Crippen LogP contribution is 2.23. The first-order valence-electron chi connectivity index (χ1n) is 5.56. The lowest BCUT2D eigenvalue weighted by atomic mass is 10.1. The summed E-state index contributed by atoms with van der Waals surface area (Å²) in [5, 5.41) is 0. The van der Waals surface area contributed by atoms with Gasteiger partial charge in [-0.15, -0.1) is 11.6 Å². The van der Waals surface area contributed by atoms with Crippen LogP contribution in [0, 0.1) is 0 Å². The van der Waals surface area contributed by atoms with E-state index >= 15 is 0 Å². The van der Waals surface area contributed by atoms with Crippen molar-refractivity contribution in [3.05, 3.63) is 29.8 Å². The average molecular weight is 258 g/mol. The molecule has 1 aromatic carbocycles. The fourth-order valence-electron chi connectivity index (χ4n) is 1.69. The first-order chi connectivity index (χ1) is 7.70. The molecule has 0 N–H and O–H groups in total. The molecular weight excluding hydrogens is 238 g/mol. The van der Waals surface area contributed by atoms with E-state index < -0.39 is 0 Å². The largest absolute Gasteiger partial charge is 0.372 e. The van der Waals surface area contributed by atoms with Gasteiger partial charge in [0.05, 0.1) is 0 Å². The van der Waals surface area contributed by atoms with E-state index in [0.717, 1.165) is 0 Å². The first-order valence-corrected chi connectivity index (χ1v) is 7.49. The van der Waals surface area contributed by atoms with E-state index in [2.05, 4.69) is 43.3 Å². The van der Waals surface area contributed by atoms with Gasteiger partial charge in [0.25, 0.3) is 0 Å². The Morgan fingerprint density at radius 3 is 2.69 bits per heavy atom. The second-order valence-corrected chi connectivity index (χ2v) is 5.26. The van der Waals surface area contributed by atoms with E-state index in [1.807, 2.05) is 17.8 Å². The minimum Gasteiger partial charge on any atom is -0.372 e. The predicted octanol–water partition coefficient (Wildman–Crippen LogP) is 4.00. The number of hydrogen-bond donors (Lipinski definition) is 0. The van der Waals surface area contributed by atoms with Crippen molar-refractivity contribution in [3.63, 3.8) is 0 Å². The van der Waals surface area contributed by atoms with Crippen LogP contribution in [0.2, 0.25) is 0 Å². The van der Waals surface area contributed by atoms with Crippen molar-refractivity contribution in [2.45, 2.75) is 25.3 Å². The molecule has 1 atom stereocenters. The Hall–Kier alpha value is -0.340. The molecule has 0 heterocycles. The summed E-state index contributed by atoms with van der Waals surface area (Å²) in [6.45, 7) is 2.27. The van der Waals surface area contributed by atoms with E-state index in [-0.39, 0.29) is 0 Å². The Bertz CT molecular complexity index is 317. The minimum atomic E-state index is 0.553. The van der Waals surface area contributed by atoms with Gasteiger partial charge in [-0.3, -0.25) is 0 Å². The van der Waals surface area contributed by atoms with Crippen molar-refractivity contribution in [2.24, 2.45) is 0 Å². The summed E-state index contributed by atoms with van der Waals surface area (Å²) in [4.78, 5) is 2.33. The van der Waals surface area contributed by atoms with Crippen LogP contribution in [-0.4, -0.2) is 25.1 Å². The predicted molar refractivity (Wildman–Crippen MR) is 76.9 cm³/mol. The SMILES string of the molecule is CSCCC(C)N(C)c1ccccc1CCl. The van der Waals surface area contributed by atoms with Crippen molar-refractivity contribution >= 4 is 29.1 Å². The zero-order chi connectivity index (χ0) is 12.0. The first kappa shape index (κ1) is 13.7. The van der Waals surface area contributed by atoms with Crippen LogP contribution < -0.4 is 4.90 Å². The van der Waals surface area contributed by atoms with Gasteiger partial charge in [-0.1, -0.05) is 18.2 Å². The van der Waals surface area contributed by atoms with E-state index in [0.29, 0.717) is 11.9 Å². The summed E-state index contributed by atoms with van der Waals surface area (Å²) >= 11 is 7.85. The van der Waals surface area contributed by atoms with Crippen molar-refractivity contribution in [1.82, 2.24) is 0 Å². The topological polar surface area (TPSA) is 3.24 Å². The highest BCUT2D eigenvalue weighted by atomic mass is 35.5. The number of thioether (sulfide) groups is 1. The van der Waals surface area contributed by atoms with Gasteiger partial charge in [0.2, 0.25) is 0 Å². The third-order valence-corrected chi connectivity index (χ3v) is 3.85. The third kappa shape index (κ3) is 3.60. The molecule has 0 radical (unpaired) electrons. The molecule has 1 rings (SSSR count). The molecule has 0 saturated carbocycles. The number of alkyl halides is 1. The van der Waals surface area contributed by atoms with E-state index in [9.17, 15) is 0 Å². The molecule has 0 aliphatic heterocycles. The maximum Gasteiger partial charge on any atom is 0.0494 e. The van der Waals surface area contributed by atoms with Crippen LogP contribution >= 0.6 is 23.4 Å². The molecule has 0 bridgehead atoms. The minimum absolute atomic E-state index is 0.553. The normalized spacial score (nSPS) is 12.5. The van der Waals surface area contributed by atoms with Crippen molar-refractivity contribution in [1.29, 1.82) is 0 Å². The molecule has 0 aliphatic rings. The molecule has 16 heavy (non-hydrogen) atoms. The van der Waals surface area contributed by atoms with Crippen LogP contribution in [0.1, 0.15) is 18.9 Å². The lowest BCUT2D eigenvalue weighted by molar-refractivity contribution is 0.668. The molecule has 0 fully saturated rings. The molecule has 0 saturated heterocycles. The summed E-state index contributed by atoms with van der Waals surface area (Å²) in [6.07, 6.45) is 3.35. The fourth-order valence-corrected chi connectivity index (χ4v) is 2.49. The van der Waals surface area contributed by atoms with Gasteiger partial charge in [0, 0.05) is 24.7 Å². The van der Waals surface area contributed by atoms with Crippen LogP contribution in [0.25, 0.3) is 0 Å². The number of halogens is 1. The van der Waals surface area contributed by atoms with Gasteiger partial charge < -0.3 is 4.90 Å². The fraction of sp³-hybridized carbons (Fsp3) is 0.538. The monoisotopic (exact) mass is 257 g/mol. The standard InChI is InChI=1S/C13H20ClNS/c1-11(8-9-16-3)15(2)13-7-5-4-6-12(13)10-14/h4-7,11H,8-10H2,1-3H3. The summed E-state index contributed by atoms with van der Waals surface area (Å²) in [7, 11) is 2.15. The Morgan fingerprint density at radius 2 is 2.06 bits per heavy atom. The molecule has 3 heteroatoms. The average Bonchev–Trinajstić information content (AvgIpc) is 2.34. The zero-order valence-corrected chi connectivity index (χ0v) is 11.8. The highest BCUT2D eigenvalue weighted by molar-refractivity contribution is 7.98. The van der Waals surface area contributed by atoms with Gasteiger partial charge in [-0.25, -0.2) is 0 Å². The van der Waals surface area contributed by atoms with Gasteiger partial charge in [0.1, 0.15) is 0 Å². The van der Waals surface area contributed by atoms with Crippen molar-refractivity contribution < 1.29 is 0 Å². The van der Waals surface area contributed by atoms with E-state index in [1.165, 1.54) is 23.4 Å². The molecule has 90 valence electrons. The number of hydrogen-bond acceptors (Lipinski definition) is 2. The number of benzene rings is 1. The Labute approximate surface area is 108 Å². The number of rotatable bonds is 6. The molecule has 1 aromatic rings. The molecule has 1 nitrogen and oxygen atoms in total. The van der Waals surface area contributed by atoms with E-state index in [4.69, 9.17) is 11.6 Å². The van der Waals surface area contributed by atoms with Crippen LogP contribution in [0.4, 0.5) is 5.69 Å². The summed E-state index contributed by atoms with van der Waals surface area (Å²) in [6, 6.07) is 8.91. The van der Waals surface area contributed by atoms with Gasteiger partial charge in [0.15, 0.2) is 0 Å². The smallest absolute Gasteiger partial charge is 0.0494 e. The second kappa shape index (κ2) is 7.08. The molecule has 0 amide bonds. The van der Waals surface area contributed by atoms with Crippen LogP contribution in [-0.2, 0) is 5.88 Å². The third-order valence-electron chi connectivity index (χ3n) is 2.92. The molecule has 0 spiro atoms. The Balaban J connectivity index is 2.74. The van der Waals surface area contributed by atoms with Crippen LogP contribution in [0.15, 0.2) is 24.3 Å². The van der Waals surface area contributed by atoms with Crippen LogP contribution in [0.3, 0.4) is 0 Å². The van der Waals surface area contributed by atoms with Gasteiger partial charge >= 0.3 is 0 Å². The van der Waals surface area contributed by atoms with Gasteiger partial charge in [-0.05, 0) is 37.0 Å². The molecule has 0 aromatic heterocycles. The zero-order valence-electron chi connectivity index (χ0n) is 10.2. The maximum atomic E-state index is 5.95. The Kier molecular flexibility index (Phi) is 6.07. The summed E-state index contributed by atoms with van der Waals surface area (Å²) in [5.74, 6) is 1.78. The second-order valence-electron chi connectivity index (χ2n) is 4.00. The van der Waals surface area contributed by atoms with E-state index in [1.54, 1.807) is 0 Å². The van der Waals surface area contributed by atoms with Gasteiger partial charge in [-0.2, -0.15) is 11.8 Å². The summed E-state index contributed by atoms with van der Waals surface area (Å²) < 4.78 is 0. The number of para-hydroxylation sites is 1. The lowest BCUT2D eigenvalue weighted by Gasteiger charge is -2.28. The lowest BCUT2D eigenvalue weighted by Crippen LogP contribution is -2.30. The van der Waals surface area contributed by atoms with Crippen LogP contribution in [0.5, 0.6) is 0 Å². The molecule has 1 unspecified atom stereocenters. The Morgan fingerprint density at radius 1 is 1.38 bits per heavy atom. The van der Waals surface area contributed by atoms with Crippen molar-refractivity contribution in [2.75, 3.05) is 24.0 Å². The maximum absolute atomic E-state index is 5.95.